The highest BCUT2D eigenvalue weighted by Gasteiger charge is 2.30. The molecule has 0 spiro atoms. The molecular weight excluding hydrogens is 320 g/mol. The fourth-order valence-corrected chi connectivity index (χ4v) is 3.44. The lowest BCUT2D eigenvalue weighted by Crippen LogP contribution is -2.36. The van der Waals surface area contributed by atoms with Crippen LogP contribution in [0.1, 0.15) is 47.1 Å². The molecule has 1 fully saturated rings. The van der Waals surface area contributed by atoms with Crippen LogP contribution in [0.25, 0.3) is 0 Å². The van der Waals surface area contributed by atoms with E-state index < -0.39 is 0 Å². The molecule has 25 heavy (non-hydrogen) atoms. The van der Waals surface area contributed by atoms with Crippen molar-refractivity contribution >= 4 is 5.91 Å². The van der Waals surface area contributed by atoms with Crippen LogP contribution < -0.4 is 4.74 Å². The van der Waals surface area contributed by atoms with E-state index in [4.69, 9.17) is 9.47 Å². The molecule has 0 radical (unpaired) electrons. The molecule has 2 aromatic rings. The standard InChI is InChI=1S/C18H22N4O3/c1-24-14-7-5-13(6-8-14)16-11-22-15(12-25-16)17(19-20-22)18(23)21-9-3-2-4-10-21/h5-8,16H,2-4,9-12H2,1H3/t16-/m0/s1. The van der Waals surface area contributed by atoms with E-state index >= 15 is 0 Å². The van der Waals surface area contributed by atoms with E-state index in [9.17, 15) is 4.79 Å². The topological polar surface area (TPSA) is 69.5 Å². The molecule has 0 N–H and O–H groups in total. The molecule has 3 heterocycles. The molecule has 7 heteroatoms. The van der Waals surface area contributed by atoms with Crippen LogP contribution in [0.3, 0.4) is 0 Å². The summed E-state index contributed by atoms with van der Waals surface area (Å²) in [5.41, 5.74) is 2.28. The number of hydrogen-bond donors (Lipinski definition) is 0. The van der Waals surface area contributed by atoms with Gasteiger partial charge in [0.25, 0.3) is 5.91 Å². The number of likely N-dealkylation sites (tertiary alicyclic amines) is 1. The molecule has 2 aliphatic rings. The van der Waals surface area contributed by atoms with Gasteiger partial charge in [-0.2, -0.15) is 0 Å². The fourth-order valence-electron chi connectivity index (χ4n) is 3.44. The highest BCUT2D eigenvalue weighted by atomic mass is 16.5. The average molecular weight is 342 g/mol. The van der Waals surface area contributed by atoms with Crippen LogP contribution in [0.15, 0.2) is 24.3 Å². The van der Waals surface area contributed by atoms with Gasteiger partial charge in [-0.25, -0.2) is 4.68 Å². The van der Waals surface area contributed by atoms with Gasteiger partial charge in [0, 0.05) is 13.1 Å². The first-order valence-corrected chi connectivity index (χ1v) is 8.73. The summed E-state index contributed by atoms with van der Waals surface area (Å²) in [6.45, 7) is 2.52. The number of benzene rings is 1. The van der Waals surface area contributed by atoms with Gasteiger partial charge in [-0.3, -0.25) is 4.79 Å². The summed E-state index contributed by atoms with van der Waals surface area (Å²) < 4.78 is 13.0. The first-order valence-electron chi connectivity index (χ1n) is 8.73. The second-order valence-corrected chi connectivity index (χ2v) is 6.49. The third-order valence-corrected chi connectivity index (χ3v) is 4.93. The second kappa shape index (κ2) is 6.84. The molecule has 0 aliphatic carbocycles. The Morgan fingerprint density at radius 2 is 1.96 bits per heavy atom. The predicted octanol–water partition coefficient (Wildman–Crippen LogP) is 2.18. The molecule has 1 atom stereocenters. The minimum Gasteiger partial charge on any atom is -0.497 e. The maximum atomic E-state index is 12.7. The second-order valence-electron chi connectivity index (χ2n) is 6.49. The zero-order chi connectivity index (χ0) is 17.2. The van der Waals surface area contributed by atoms with E-state index in [1.54, 1.807) is 11.8 Å². The van der Waals surface area contributed by atoms with Gasteiger partial charge in [0.2, 0.25) is 0 Å². The van der Waals surface area contributed by atoms with Crippen molar-refractivity contribution in [3.05, 3.63) is 41.2 Å². The van der Waals surface area contributed by atoms with Crippen molar-refractivity contribution < 1.29 is 14.3 Å². The molecule has 0 saturated carbocycles. The van der Waals surface area contributed by atoms with Gasteiger partial charge in [-0.1, -0.05) is 17.3 Å². The largest absolute Gasteiger partial charge is 0.497 e. The van der Waals surface area contributed by atoms with E-state index in [2.05, 4.69) is 10.3 Å². The van der Waals surface area contributed by atoms with Crippen molar-refractivity contribution in [2.24, 2.45) is 0 Å². The van der Waals surface area contributed by atoms with Crippen molar-refractivity contribution in [1.82, 2.24) is 19.9 Å². The Morgan fingerprint density at radius 3 is 2.68 bits per heavy atom. The summed E-state index contributed by atoms with van der Waals surface area (Å²) in [5.74, 6) is 0.794. The maximum absolute atomic E-state index is 12.7. The van der Waals surface area contributed by atoms with Gasteiger partial charge in [0.1, 0.15) is 11.9 Å². The summed E-state index contributed by atoms with van der Waals surface area (Å²) in [6, 6.07) is 7.82. The Kier molecular flexibility index (Phi) is 4.40. The minimum absolute atomic E-state index is 0.0209. The molecule has 1 amide bonds. The van der Waals surface area contributed by atoms with E-state index in [-0.39, 0.29) is 12.0 Å². The van der Waals surface area contributed by atoms with Crippen molar-refractivity contribution in [3.8, 4) is 5.75 Å². The van der Waals surface area contributed by atoms with Crippen LogP contribution >= 0.6 is 0 Å². The quantitative estimate of drug-likeness (QED) is 0.855. The summed E-state index contributed by atoms with van der Waals surface area (Å²) in [6.07, 6.45) is 3.21. The van der Waals surface area contributed by atoms with Crippen LogP contribution in [0.2, 0.25) is 0 Å². The molecule has 4 rings (SSSR count). The Balaban J connectivity index is 1.50. The van der Waals surface area contributed by atoms with Crippen molar-refractivity contribution in [2.45, 2.75) is 38.5 Å². The van der Waals surface area contributed by atoms with Crippen molar-refractivity contribution in [3.63, 3.8) is 0 Å². The number of rotatable bonds is 3. The summed E-state index contributed by atoms with van der Waals surface area (Å²) in [5, 5.41) is 8.35. The molecule has 2 aliphatic heterocycles. The first-order chi connectivity index (χ1) is 12.3. The maximum Gasteiger partial charge on any atom is 0.276 e. The number of fused-ring (bicyclic) bond motifs is 1. The Hall–Kier alpha value is -2.41. The van der Waals surface area contributed by atoms with Crippen LogP contribution in [0.5, 0.6) is 5.75 Å². The monoisotopic (exact) mass is 342 g/mol. The third kappa shape index (κ3) is 3.11. The van der Waals surface area contributed by atoms with E-state index in [0.717, 1.165) is 42.9 Å². The normalized spacial score (nSPS) is 20.2. The molecule has 0 unspecified atom stereocenters. The number of aromatic nitrogens is 3. The van der Waals surface area contributed by atoms with Gasteiger partial charge >= 0.3 is 0 Å². The van der Waals surface area contributed by atoms with Crippen molar-refractivity contribution in [2.75, 3.05) is 20.2 Å². The SMILES string of the molecule is COc1ccc([C@@H]2Cn3nnc(C(=O)N4CCCCC4)c3CO2)cc1. The van der Waals surface area contributed by atoms with Gasteiger partial charge < -0.3 is 14.4 Å². The number of nitrogens with zero attached hydrogens (tertiary/aromatic N) is 4. The van der Waals surface area contributed by atoms with Crippen LogP contribution in [0, 0.1) is 0 Å². The Morgan fingerprint density at radius 1 is 1.20 bits per heavy atom. The number of piperidine rings is 1. The zero-order valence-corrected chi connectivity index (χ0v) is 14.4. The van der Waals surface area contributed by atoms with Crippen LogP contribution in [0.4, 0.5) is 0 Å². The lowest BCUT2D eigenvalue weighted by molar-refractivity contribution is -0.00200. The molecule has 1 aromatic carbocycles. The lowest BCUT2D eigenvalue weighted by atomic mass is 10.1. The van der Waals surface area contributed by atoms with Gasteiger partial charge in [-0.15, -0.1) is 5.10 Å². The van der Waals surface area contributed by atoms with Gasteiger partial charge in [-0.05, 0) is 37.0 Å². The molecule has 132 valence electrons. The number of carbonyl (C=O) groups excluding carboxylic acids is 1. The Bertz CT molecular complexity index is 750. The number of methoxy groups -OCH3 is 1. The van der Waals surface area contributed by atoms with Gasteiger partial charge in [0.05, 0.1) is 26.0 Å². The number of ether oxygens (including phenoxy) is 2. The first kappa shape index (κ1) is 16.1. The van der Waals surface area contributed by atoms with E-state index in [1.165, 1.54) is 6.42 Å². The van der Waals surface area contributed by atoms with E-state index in [0.29, 0.717) is 18.8 Å². The summed E-state index contributed by atoms with van der Waals surface area (Å²) in [4.78, 5) is 14.6. The lowest BCUT2D eigenvalue weighted by Gasteiger charge is -2.27. The van der Waals surface area contributed by atoms with Crippen molar-refractivity contribution in [1.29, 1.82) is 0 Å². The summed E-state index contributed by atoms with van der Waals surface area (Å²) in [7, 11) is 1.65. The zero-order valence-electron chi connectivity index (χ0n) is 14.4. The molecular formula is C18H22N4O3. The smallest absolute Gasteiger partial charge is 0.276 e. The van der Waals surface area contributed by atoms with Gasteiger partial charge in [0.15, 0.2) is 5.69 Å². The number of amides is 1. The summed E-state index contributed by atoms with van der Waals surface area (Å²) >= 11 is 0. The minimum atomic E-state index is -0.0990. The number of hydrogen-bond acceptors (Lipinski definition) is 5. The van der Waals surface area contributed by atoms with Crippen LogP contribution in [-0.4, -0.2) is 46.0 Å². The predicted molar refractivity (Wildman–Crippen MR) is 90.3 cm³/mol. The molecule has 0 bridgehead atoms. The Labute approximate surface area is 146 Å². The van der Waals surface area contributed by atoms with E-state index in [1.807, 2.05) is 29.2 Å². The molecule has 1 aromatic heterocycles. The highest BCUT2D eigenvalue weighted by molar-refractivity contribution is 5.93. The average Bonchev–Trinajstić information content (AvgIpc) is 3.11. The highest BCUT2D eigenvalue weighted by Crippen LogP contribution is 2.28. The van der Waals surface area contributed by atoms with Crippen LogP contribution in [-0.2, 0) is 17.9 Å². The fraction of sp³-hybridized carbons (Fsp3) is 0.500. The number of carbonyl (C=O) groups is 1. The third-order valence-electron chi connectivity index (χ3n) is 4.93. The molecule has 1 saturated heterocycles. The molecule has 7 nitrogen and oxygen atoms in total.